The SMILES string of the molecule is COc1nccc2c1c(-c1cnn(C3COC3)c1)nn2C. The van der Waals surface area contributed by atoms with Gasteiger partial charge in [-0.2, -0.15) is 10.2 Å². The van der Waals surface area contributed by atoms with Crippen molar-refractivity contribution in [1.29, 1.82) is 0 Å². The van der Waals surface area contributed by atoms with Crippen LogP contribution in [0.2, 0.25) is 0 Å². The van der Waals surface area contributed by atoms with E-state index in [0.29, 0.717) is 11.9 Å². The van der Waals surface area contributed by atoms with Crippen molar-refractivity contribution in [2.75, 3.05) is 20.3 Å². The molecule has 0 unspecified atom stereocenters. The van der Waals surface area contributed by atoms with Crippen LogP contribution in [0.15, 0.2) is 24.7 Å². The molecule has 1 aliphatic heterocycles. The number of hydrogen-bond acceptors (Lipinski definition) is 5. The summed E-state index contributed by atoms with van der Waals surface area (Å²) in [5.74, 6) is 0.579. The molecule has 21 heavy (non-hydrogen) atoms. The van der Waals surface area contributed by atoms with Crippen molar-refractivity contribution < 1.29 is 9.47 Å². The summed E-state index contributed by atoms with van der Waals surface area (Å²) in [6.45, 7) is 1.43. The topological polar surface area (TPSA) is 67.0 Å². The van der Waals surface area contributed by atoms with Crippen LogP contribution in [0, 0.1) is 0 Å². The Labute approximate surface area is 121 Å². The largest absolute Gasteiger partial charge is 0.480 e. The van der Waals surface area contributed by atoms with E-state index in [1.807, 2.05) is 34.9 Å². The van der Waals surface area contributed by atoms with Gasteiger partial charge in [-0.25, -0.2) is 4.98 Å². The maximum Gasteiger partial charge on any atom is 0.224 e. The number of methoxy groups -OCH3 is 1. The molecule has 0 N–H and O–H groups in total. The number of hydrogen-bond donors (Lipinski definition) is 0. The van der Waals surface area contributed by atoms with Gasteiger partial charge in [0.2, 0.25) is 5.88 Å². The van der Waals surface area contributed by atoms with Crippen molar-refractivity contribution in [3.63, 3.8) is 0 Å². The van der Waals surface area contributed by atoms with Crippen molar-refractivity contribution >= 4 is 10.9 Å². The lowest BCUT2D eigenvalue weighted by molar-refractivity contribution is -0.0286. The zero-order valence-electron chi connectivity index (χ0n) is 11.9. The first-order valence-electron chi connectivity index (χ1n) is 6.76. The number of aryl methyl sites for hydroxylation is 1. The smallest absolute Gasteiger partial charge is 0.224 e. The highest BCUT2D eigenvalue weighted by molar-refractivity contribution is 5.96. The van der Waals surface area contributed by atoms with Crippen molar-refractivity contribution in [2.24, 2.45) is 7.05 Å². The summed E-state index contributed by atoms with van der Waals surface area (Å²) < 4.78 is 14.3. The minimum atomic E-state index is 0.328. The Morgan fingerprint density at radius 2 is 2.24 bits per heavy atom. The summed E-state index contributed by atoms with van der Waals surface area (Å²) in [7, 11) is 3.53. The molecule has 1 saturated heterocycles. The normalized spacial score (nSPS) is 15.3. The Bertz CT molecular complexity index is 803. The van der Waals surface area contributed by atoms with Gasteiger partial charge >= 0.3 is 0 Å². The molecule has 7 nitrogen and oxygen atoms in total. The Hall–Kier alpha value is -2.41. The van der Waals surface area contributed by atoms with Crippen molar-refractivity contribution in [3.8, 4) is 17.1 Å². The number of nitrogens with zero attached hydrogens (tertiary/aromatic N) is 5. The second-order valence-electron chi connectivity index (χ2n) is 5.09. The molecule has 1 fully saturated rings. The molecule has 4 rings (SSSR count). The molecule has 1 aliphatic rings. The molecule has 4 heterocycles. The highest BCUT2D eigenvalue weighted by Crippen LogP contribution is 2.33. The van der Waals surface area contributed by atoms with Gasteiger partial charge in [-0.15, -0.1) is 0 Å². The average molecular weight is 285 g/mol. The van der Waals surface area contributed by atoms with Crippen LogP contribution in [0.1, 0.15) is 6.04 Å². The molecular formula is C14H15N5O2. The molecule has 108 valence electrons. The summed E-state index contributed by atoms with van der Waals surface area (Å²) in [6, 6.07) is 2.26. The Balaban J connectivity index is 1.87. The molecule has 0 aromatic carbocycles. The van der Waals surface area contributed by atoms with Crippen LogP contribution in [0.25, 0.3) is 22.2 Å². The predicted octanol–water partition coefficient (Wildman–Crippen LogP) is 1.41. The van der Waals surface area contributed by atoms with Gasteiger partial charge in [0.15, 0.2) is 0 Å². The van der Waals surface area contributed by atoms with Crippen LogP contribution >= 0.6 is 0 Å². The zero-order valence-corrected chi connectivity index (χ0v) is 11.9. The third kappa shape index (κ3) is 1.81. The molecule has 0 aliphatic carbocycles. The highest BCUT2D eigenvalue weighted by atomic mass is 16.5. The predicted molar refractivity (Wildman–Crippen MR) is 76.1 cm³/mol. The number of fused-ring (bicyclic) bond motifs is 1. The third-order valence-electron chi connectivity index (χ3n) is 3.79. The first kappa shape index (κ1) is 12.3. The molecule has 0 radical (unpaired) electrons. The molecule has 0 atom stereocenters. The molecule has 0 spiro atoms. The first-order chi connectivity index (χ1) is 10.3. The van der Waals surface area contributed by atoms with Crippen LogP contribution in [0.5, 0.6) is 5.88 Å². The van der Waals surface area contributed by atoms with Crippen molar-refractivity contribution in [3.05, 3.63) is 24.7 Å². The van der Waals surface area contributed by atoms with Gasteiger partial charge in [-0.05, 0) is 6.07 Å². The first-order valence-corrected chi connectivity index (χ1v) is 6.76. The fourth-order valence-electron chi connectivity index (χ4n) is 2.57. The van der Waals surface area contributed by atoms with Crippen LogP contribution in [-0.2, 0) is 11.8 Å². The van der Waals surface area contributed by atoms with E-state index in [1.54, 1.807) is 13.3 Å². The Morgan fingerprint density at radius 1 is 1.38 bits per heavy atom. The minimum Gasteiger partial charge on any atom is -0.480 e. The highest BCUT2D eigenvalue weighted by Gasteiger charge is 2.23. The Kier molecular flexibility index (Phi) is 2.68. The standard InChI is InChI=1S/C14H15N5O2/c1-18-11-3-4-15-14(20-2)12(11)13(17-18)9-5-16-19(6-9)10-7-21-8-10/h3-6,10H,7-8H2,1-2H3. The maximum atomic E-state index is 5.38. The summed E-state index contributed by atoms with van der Waals surface area (Å²) in [5, 5.41) is 9.92. The van der Waals surface area contributed by atoms with E-state index in [4.69, 9.17) is 9.47 Å². The van der Waals surface area contributed by atoms with Crippen LogP contribution < -0.4 is 4.74 Å². The monoisotopic (exact) mass is 285 g/mol. The molecule has 0 amide bonds. The number of rotatable bonds is 3. The summed E-state index contributed by atoms with van der Waals surface area (Å²) in [4.78, 5) is 4.27. The minimum absolute atomic E-state index is 0.328. The van der Waals surface area contributed by atoms with Gasteiger partial charge in [0.1, 0.15) is 5.69 Å². The Morgan fingerprint density at radius 3 is 2.95 bits per heavy atom. The van der Waals surface area contributed by atoms with Crippen LogP contribution in [0.4, 0.5) is 0 Å². The number of aromatic nitrogens is 5. The summed E-state index contributed by atoms with van der Waals surface area (Å²) in [6.07, 6.45) is 5.55. The number of pyridine rings is 1. The second-order valence-corrected chi connectivity index (χ2v) is 5.09. The van der Waals surface area contributed by atoms with E-state index < -0.39 is 0 Å². The van der Waals surface area contributed by atoms with Gasteiger partial charge in [0.25, 0.3) is 0 Å². The zero-order chi connectivity index (χ0) is 14.4. The lowest BCUT2D eigenvalue weighted by Crippen LogP contribution is -2.30. The van der Waals surface area contributed by atoms with Gasteiger partial charge in [-0.3, -0.25) is 9.36 Å². The molecule has 7 heteroatoms. The lowest BCUT2D eigenvalue weighted by Gasteiger charge is -2.25. The van der Waals surface area contributed by atoms with E-state index >= 15 is 0 Å². The van der Waals surface area contributed by atoms with Crippen LogP contribution in [-0.4, -0.2) is 44.9 Å². The summed E-state index contributed by atoms with van der Waals surface area (Å²) >= 11 is 0. The molecule has 0 saturated carbocycles. The van der Waals surface area contributed by atoms with Crippen molar-refractivity contribution in [1.82, 2.24) is 24.5 Å². The molecular weight excluding hydrogens is 270 g/mol. The fourth-order valence-corrected chi connectivity index (χ4v) is 2.57. The van der Waals surface area contributed by atoms with Gasteiger partial charge in [0.05, 0.1) is 43.5 Å². The van der Waals surface area contributed by atoms with Crippen molar-refractivity contribution in [2.45, 2.75) is 6.04 Å². The van der Waals surface area contributed by atoms with Gasteiger partial charge in [0, 0.05) is 25.0 Å². The molecule has 0 bridgehead atoms. The fraction of sp³-hybridized carbons (Fsp3) is 0.357. The third-order valence-corrected chi connectivity index (χ3v) is 3.79. The van der Waals surface area contributed by atoms with E-state index in [-0.39, 0.29) is 0 Å². The van der Waals surface area contributed by atoms with E-state index in [2.05, 4.69) is 15.2 Å². The van der Waals surface area contributed by atoms with Crippen LogP contribution in [0.3, 0.4) is 0 Å². The van der Waals surface area contributed by atoms with E-state index in [0.717, 1.165) is 35.4 Å². The van der Waals surface area contributed by atoms with E-state index in [9.17, 15) is 0 Å². The lowest BCUT2D eigenvalue weighted by atomic mass is 10.1. The number of ether oxygens (including phenoxy) is 2. The maximum absolute atomic E-state index is 5.38. The molecule has 3 aromatic rings. The summed E-state index contributed by atoms with van der Waals surface area (Å²) in [5.41, 5.74) is 2.78. The second kappa shape index (κ2) is 4.56. The quantitative estimate of drug-likeness (QED) is 0.728. The average Bonchev–Trinajstić information content (AvgIpc) is 3.02. The molecule has 3 aromatic heterocycles. The van der Waals surface area contributed by atoms with Gasteiger partial charge in [-0.1, -0.05) is 0 Å². The van der Waals surface area contributed by atoms with E-state index in [1.165, 1.54) is 0 Å². The van der Waals surface area contributed by atoms with Gasteiger partial charge < -0.3 is 9.47 Å².